The van der Waals surface area contributed by atoms with Crippen LogP contribution in [-0.4, -0.2) is 11.2 Å². The van der Waals surface area contributed by atoms with Crippen LogP contribution >= 0.6 is 0 Å². The van der Waals surface area contributed by atoms with Crippen molar-refractivity contribution in [1.82, 2.24) is 4.98 Å². The Balaban J connectivity index is 2.50. The summed E-state index contributed by atoms with van der Waals surface area (Å²) in [6.45, 7) is 0. The van der Waals surface area contributed by atoms with Gasteiger partial charge in [-0.25, -0.2) is 4.79 Å². The van der Waals surface area contributed by atoms with Gasteiger partial charge in [-0.15, -0.1) is 0 Å². The highest BCUT2D eigenvalue weighted by Gasteiger charge is 2.37. The first-order chi connectivity index (χ1) is 7.38. The summed E-state index contributed by atoms with van der Waals surface area (Å²) in [7, 11) is 0. The molecule has 1 aromatic heterocycles. The number of hydrogen-bond acceptors (Lipinski definition) is 3. The molecule has 1 heterocycles. The van der Waals surface area contributed by atoms with E-state index >= 15 is 0 Å². The van der Waals surface area contributed by atoms with Gasteiger partial charge in [0.25, 0.3) is 0 Å². The van der Waals surface area contributed by atoms with E-state index in [0.29, 0.717) is 0 Å². The normalized spacial score (nSPS) is 14.2. The van der Waals surface area contributed by atoms with Gasteiger partial charge < -0.3 is 10.2 Å². The lowest BCUT2D eigenvalue weighted by Crippen LogP contribution is -2.28. The van der Waals surface area contributed by atoms with Gasteiger partial charge in [0.1, 0.15) is 6.04 Å². The molecule has 1 atom stereocenters. The van der Waals surface area contributed by atoms with Crippen molar-refractivity contribution in [3.05, 3.63) is 34.3 Å². The molecule has 4 nitrogen and oxygen atoms in total. The number of benzene rings is 1. The first-order valence-corrected chi connectivity index (χ1v) is 4.33. The van der Waals surface area contributed by atoms with Gasteiger partial charge in [-0.2, -0.15) is 13.2 Å². The first-order valence-electron chi connectivity index (χ1n) is 4.33. The Bertz CT molecular complexity index is 570. The topological polar surface area (TPSA) is 72.0 Å². The van der Waals surface area contributed by atoms with E-state index in [1.165, 1.54) is 12.1 Å². The predicted molar refractivity (Wildman–Crippen MR) is 49.8 cm³/mol. The number of fused-ring (bicyclic) bond motifs is 1. The summed E-state index contributed by atoms with van der Waals surface area (Å²) in [5.41, 5.74) is 5.29. The fourth-order valence-electron chi connectivity index (χ4n) is 1.35. The van der Waals surface area contributed by atoms with Crippen molar-refractivity contribution in [3.8, 4) is 0 Å². The molecule has 86 valence electrons. The van der Waals surface area contributed by atoms with E-state index in [1.807, 2.05) is 0 Å². The molecule has 7 heteroatoms. The zero-order chi connectivity index (χ0) is 11.9. The summed E-state index contributed by atoms with van der Waals surface area (Å²) in [6, 6.07) is 1.53. The third kappa shape index (κ3) is 1.81. The summed E-state index contributed by atoms with van der Waals surface area (Å²) in [6.07, 6.45) is -4.52. The smallest absolute Gasteiger partial charge is 0.408 e. The second-order valence-corrected chi connectivity index (χ2v) is 3.29. The SMILES string of the molecule is NC(c1ccc2oc(=O)[nH]c2c1)C(F)(F)F. The molecule has 0 saturated carbocycles. The molecule has 0 aliphatic heterocycles. The standard InChI is InChI=1S/C9H7F3N2O2/c10-9(11,12)7(13)4-1-2-6-5(3-4)14-8(15)16-6/h1-3,7H,13H2,(H,14,15). The van der Waals surface area contributed by atoms with Gasteiger partial charge in [0, 0.05) is 0 Å². The third-order valence-corrected chi connectivity index (χ3v) is 2.15. The number of H-pyrrole nitrogens is 1. The Morgan fingerprint density at radius 2 is 2.06 bits per heavy atom. The third-order valence-electron chi connectivity index (χ3n) is 2.15. The van der Waals surface area contributed by atoms with Crippen molar-refractivity contribution >= 4 is 11.1 Å². The molecule has 0 radical (unpaired) electrons. The summed E-state index contributed by atoms with van der Waals surface area (Å²) < 4.78 is 41.6. The number of aromatic amines is 1. The van der Waals surface area contributed by atoms with E-state index in [-0.39, 0.29) is 16.7 Å². The number of hydrogen-bond donors (Lipinski definition) is 2. The second-order valence-electron chi connectivity index (χ2n) is 3.29. The maximum Gasteiger partial charge on any atom is 0.417 e. The molecule has 16 heavy (non-hydrogen) atoms. The minimum atomic E-state index is -4.52. The highest BCUT2D eigenvalue weighted by molar-refractivity contribution is 5.72. The molecule has 0 amide bonds. The Morgan fingerprint density at radius 1 is 1.38 bits per heavy atom. The van der Waals surface area contributed by atoms with Gasteiger partial charge in [-0.05, 0) is 17.7 Å². The quantitative estimate of drug-likeness (QED) is 0.785. The first kappa shape index (κ1) is 10.7. The van der Waals surface area contributed by atoms with E-state index in [2.05, 4.69) is 9.40 Å². The molecule has 2 rings (SSSR count). The van der Waals surface area contributed by atoms with E-state index in [9.17, 15) is 18.0 Å². The van der Waals surface area contributed by atoms with Crippen molar-refractivity contribution in [3.63, 3.8) is 0 Å². The maximum atomic E-state index is 12.3. The van der Waals surface area contributed by atoms with Crippen LogP contribution in [0, 0.1) is 0 Å². The van der Waals surface area contributed by atoms with Crippen molar-refractivity contribution in [2.75, 3.05) is 0 Å². The van der Waals surface area contributed by atoms with Gasteiger partial charge in [-0.3, -0.25) is 4.98 Å². The van der Waals surface area contributed by atoms with Crippen molar-refractivity contribution in [2.24, 2.45) is 5.73 Å². The lowest BCUT2D eigenvalue weighted by molar-refractivity contribution is -0.149. The highest BCUT2D eigenvalue weighted by atomic mass is 19.4. The summed E-state index contributed by atoms with van der Waals surface area (Å²) in [5.74, 6) is -0.715. The van der Waals surface area contributed by atoms with Crippen LogP contribution in [0.3, 0.4) is 0 Å². The summed E-state index contributed by atoms with van der Waals surface area (Å²) in [4.78, 5) is 13.1. The Hall–Kier alpha value is -1.76. The lowest BCUT2D eigenvalue weighted by atomic mass is 10.1. The number of nitrogens with one attached hydrogen (secondary N) is 1. The molecule has 1 aromatic carbocycles. The van der Waals surface area contributed by atoms with Crippen LogP contribution in [0.25, 0.3) is 11.1 Å². The van der Waals surface area contributed by atoms with E-state index in [0.717, 1.165) is 6.07 Å². The molecule has 3 N–H and O–H groups in total. The molecule has 0 aliphatic rings. The molecular weight excluding hydrogens is 225 g/mol. The monoisotopic (exact) mass is 232 g/mol. The van der Waals surface area contributed by atoms with Crippen LogP contribution in [0.1, 0.15) is 11.6 Å². The molecule has 0 saturated heterocycles. The van der Waals surface area contributed by atoms with Gasteiger partial charge >= 0.3 is 11.9 Å². The second kappa shape index (κ2) is 3.38. The van der Waals surface area contributed by atoms with Crippen molar-refractivity contribution in [1.29, 1.82) is 0 Å². The predicted octanol–water partition coefficient (Wildman–Crippen LogP) is 1.68. The Morgan fingerprint density at radius 3 is 2.69 bits per heavy atom. The lowest BCUT2D eigenvalue weighted by Gasteiger charge is -2.15. The van der Waals surface area contributed by atoms with Crippen LogP contribution in [0.15, 0.2) is 27.4 Å². The molecule has 0 fully saturated rings. The zero-order valence-corrected chi connectivity index (χ0v) is 7.84. The average Bonchev–Trinajstić information content (AvgIpc) is 2.54. The number of alkyl halides is 3. The molecule has 1 unspecified atom stereocenters. The fraction of sp³-hybridized carbons (Fsp3) is 0.222. The molecule has 0 spiro atoms. The van der Waals surface area contributed by atoms with E-state index in [4.69, 9.17) is 5.73 Å². The Labute approximate surface area is 86.9 Å². The molecule has 2 aromatic rings. The van der Waals surface area contributed by atoms with Crippen molar-refractivity contribution < 1.29 is 17.6 Å². The van der Waals surface area contributed by atoms with Gasteiger partial charge in [0.15, 0.2) is 5.58 Å². The van der Waals surface area contributed by atoms with Crippen molar-refractivity contribution in [2.45, 2.75) is 12.2 Å². The molecular formula is C9H7F3N2O2. The van der Waals surface area contributed by atoms with E-state index in [1.54, 1.807) is 0 Å². The Kier molecular flexibility index (Phi) is 2.27. The van der Waals surface area contributed by atoms with Gasteiger partial charge in [0.2, 0.25) is 0 Å². The van der Waals surface area contributed by atoms with Crippen LogP contribution in [-0.2, 0) is 0 Å². The van der Waals surface area contributed by atoms with E-state index < -0.39 is 18.0 Å². The summed E-state index contributed by atoms with van der Waals surface area (Å²) in [5, 5.41) is 0. The van der Waals surface area contributed by atoms with Gasteiger partial charge in [-0.1, -0.05) is 6.07 Å². The molecule has 0 bridgehead atoms. The fourth-order valence-corrected chi connectivity index (χ4v) is 1.35. The maximum absolute atomic E-state index is 12.3. The van der Waals surface area contributed by atoms with Crippen LogP contribution in [0.2, 0.25) is 0 Å². The molecule has 0 aliphatic carbocycles. The number of halogens is 3. The number of rotatable bonds is 1. The minimum absolute atomic E-state index is 0.128. The van der Waals surface area contributed by atoms with Crippen LogP contribution in [0.4, 0.5) is 13.2 Å². The number of oxazole rings is 1. The number of aromatic nitrogens is 1. The van der Waals surface area contributed by atoms with Gasteiger partial charge in [0.05, 0.1) is 5.52 Å². The number of nitrogens with two attached hydrogens (primary N) is 1. The van der Waals surface area contributed by atoms with Crippen LogP contribution < -0.4 is 11.5 Å². The summed E-state index contributed by atoms with van der Waals surface area (Å²) >= 11 is 0. The minimum Gasteiger partial charge on any atom is -0.408 e. The zero-order valence-electron chi connectivity index (χ0n) is 7.84. The van der Waals surface area contributed by atoms with Crippen LogP contribution in [0.5, 0.6) is 0 Å². The average molecular weight is 232 g/mol. The highest BCUT2D eigenvalue weighted by Crippen LogP contribution is 2.31. The largest absolute Gasteiger partial charge is 0.417 e.